The second-order valence-corrected chi connectivity index (χ2v) is 6.22. The van der Waals surface area contributed by atoms with Crippen LogP contribution >= 0.6 is 11.6 Å². The number of ether oxygens (including phenoxy) is 1. The van der Waals surface area contributed by atoms with Crippen LogP contribution in [0.3, 0.4) is 0 Å². The number of aryl methyl sites for hydroxylation is 2. The van der Waals surface area contributed by atoms with Gasteiger partial charge in [-0.1, -0.05) is 35.9 Å². The lowest BCUT2D eigenvalue weighted by molar-refractivity contribution is -0.146. The van der Waals surface area contributed by atoms with Crippen molar-refractivity contribution >= 4 is 29.2 Å². The van der Waals surface area contributed by atoms with E-state index >= 15 is 0 Å². The molecule has 1 aliphatic carbocycles. The summed E-state index contributed by atoms with van der Waals surface area (Å²) in [6.45, 7) is -0.305. The maximum atomic E-state index is 11.9. The lowest BCUT2D eigenvalue weighted by atomic mass is 10.1. The zero-order valence-electron chi connectivity index (χ0n) is 13.2. The van der Waals surface area contributed by atoms with Crippen molar-refractivity contribution in [2.75, 3.05) is 11.9 Å². The largest absolute Gasteiger partial charge is 0.455 e. The molecule has 4 nitrogen and oxygen atoms in total. The molecule has 0 unspecified atom stereocenters. The molecule has 3 rings (SSSR count). The number of rotatable bonds is 5. The van der Waals surface area contributed by atoms with Crippen LogP contribution in [0.5, 0.6) is 0 Å². The van der Waals surface area contributed by atoms with Crippen molar-refractivity contribution in [1.82, 2.24) is 0 Å². The first-order valence-electron chi connectivity index (χ1n) is 7.92. The van der Waals surface area contributed by atoms with E-state index < -0.39 is 5.97 Å². The second-order valence-electron chi connectivity index (χ2n) is 5.81. The normalized spacial score (nSPS) is 12.5. The molecule has 0 spiro atoms. The molecule has 124 valence electrons. The van der Waals surface area contributed by atoms with E-state index in [0.29, 0.717) is 10.6 Å². The van der Waals surface area contributed by atoms with E-state index in [2.05, 4.69) is 5.32 Å². The first kappa shape index (κ1) is 16.5. The Balaban J connectivity index is 1.49. The molecular formula is C19H18ClNO3. The van der Waals surface area contributed by atoms with E-state index in [4.69, 9.17) is 16.3 Å². The lowest BCUT2D eigenvalue weighted by Gasteiger charge is -2.09. The second kappa shape index (κ2) is 7.49. The van der Waals surface area contributed by atoms with Gasteiger partial charge in [0.25, 0.3) is 5.91 Å². The summed E-state index contributed by atoms with van der Waals surface area (Å²) in [6.07, 6.45) is 3.35. The van der Waals surface area contributed by atoms with Crippen LogP contribution in [0, 0.1) is 0 Å². The van der Waals surface area contributed by atoms with Gasteiger partial charge in [0, 0.05) is 10.7 Å². The van der Waals surface area contributed by atoms with Crippen molar-refractivity contribution in [3.8, 4) is 0 Å². The molecule has 0 heterocycles. The van der Waals surface area contributed by atoms with Crippen molar-refractivity contribution in [3.05, 3.63) is 64.2 Å². The zero-order valence-corrected chi connectivity index (χ0v) is 13.9. The van der Waals surface area contributed by atoms with Gasteiger partial charge in [0.15, 0.2) is 6.61 Å². The van der Waals surface area contributed by atoms with E-state index in [-0.39, 0.29) is 18.9 Å². The number of benzene rings is 2. The van der Waals surface area contributed by atoms with E-state index in [1.165, 1.54) is 11.1 Å². The first-order valence-corrected chi connectivity index (χ1v) is 8.30. The van der Waals surface area contributed by atoms with Crippen molar-refractivity contribution in [3.63, 3.8) is 0 Å². The maximum absolute atomic E-state index is 11.9. The van der Waals surface area contributed by atoms with Crippen LogP contribution in [-0.4, -0.2) is 18.5 Å². The van der Waals surface area contributed by atoms with Gasteiger partial charge in [-0.25, -0.2) is 0 Å². The Morgan fingerprint density at radius 3 is 2.71 bits per heavy atom. The summed E-state index contributed by atoms with van der Waals surface area (Å²) in [6, 6.07) is 13.0. The molecule has 0 fully saturated rings. The van der Waals surface area contributed by atoms with Crippen LogP contribution in [0.4, 0.5) is 5.69 Å². The van der Waals surface area contributed by atoms with Gasteiger partial charge in [0.1, 0.15) is 0 Å². The Hall–Kier alpha value is -2.33. The number of halogens is 1. The number of carbonyl (C=O) groups is 2. The molecule has 0 aliphatic heterocycles. The fourth-order valence-corrected chi connectivity index (χ4v) is 3.04. The summed E-state index contributed by atoms with van der Waals surface area (Å²) < 4.78 is 5.02. The molecule has 5 heteroatoms. The predicted molar refractivity (Wildman–Crippen MR) is 93.2 cm³/mol. The SMILES string of the molecule is O=C(COC(=O)Cc1ccccc1Cl)Nc1ccc2c(c1)CCC2. The lowest BCUT2D eigenvalue weighted by Crippen LogP contribution is -2.21. The predicted octanol–water partition coefficient (Wildman–Crippen LogP) is 3.55. The molecule has 24 heavy (non-hydrogen) atoms. The van der Waals surface area contributed by atoms with Crippen LogP contribution in [0.25, 0.3) is 0 Å². The summed E-state index contributed by atoms with van der Waals surface area (Å²) in [5.41, 5.74) is 4.05. The highest BCUT2D eigenvalue weighted by atomic mass is 35.5. The topological polar surface area (TPSA) is 55.4 Å². The Labute approximate surface area is 145 Å². The highest BCUT2D eigenvalue weighted by Gasteiger charge is 2.13. The van der Waals surface area contributed by atoms with Crippen molar-refractivity contribution in [2.24, 2.45) is 0 Å². The summed E-state index contributed by atoms with van der Waals surface area (Å²) in [4.78, 5) is 23.7. The third-order valence-corrected chi connectivity index (χ3v) is 4.41. The molecule has 1 N–H and O–H groups in total. The summed E-state index contributed by atoms with van der Waals surface area (Å²) in [7, 11) is 0. The average Bonchev–Trinajstić information content (AvgIpc) is 3.03. The number of anilines is 1. The molecule has 0 saturated heterocycles. The molecule has 0 aromatic heterocycles. The van der Waals surface area contributed by atoms with E-state index in [1.807, 2.05) is 18.2 Å². The Morgan fingerprint density at radius 2 is 1.88 bits per heavy atom. The molecule has 0 atom stereocenters. The summed E-state index contributed by atoms with van der Waals surface area (Å²) in [5.74, 6) is -0.826. The number of hydrogen-bond acceptors (Lipinski definition) is 3. The van der Waals surface area contributed by atoms with Crippen LogP contribution < -0.4 is 5.32 Å². The fourth-order valence-electron chi connectivity index (χ4n) is 2.84. The van der Waals surface area contributed by atoms with Crippen molar-refractivity contribution in [1.29, 1.82) is 0 Å². The molecule has 1 amide bonds. The fraction of sp³-hybridized carbons (Fsp3) is 0.263. The average molecular weight is 344 g/mol. The molecule has 2 aromatic rings. The number of esters is 1. The van der Waals surface area contributed by atoms with Crippen LogP contribution in [0.2, 0.25) is 5.02 Å². The zero-order chi connectivity index (χ0) is 16.9. The third-order valence-electron chi connectivity index (χ3n) is 4.04. The molecule has 1 aliphatic rings. The quantitative estimate of drug-likeness (QED) is 0.845. The van der Waals surface area contributed by atoms with Crippen molar-refractivity contribution < 1.29 is 14.3 Å². The van der Waals surface area contributed by atoms with Gasteiger partial charge in [-0.3, -0.25) is 9.59 Å². The Bertz CT molecular complexity index is 773. The number of nitrogens with one attached hydrogen (secondary N) is 1. The van der Waals surface area contributed by atoms with Gasteiger partial charge in [-0.15, -0.1) is 0 Å². The molecular weight excluding hydrogens is 326 g/mol. The van der Waals surface area contributed by atoms with E-state index in [9.17, 15) is 9.59 Å². The van der Waals surface area contributed by atoms with E-state index in [0.717, 1.165) is 24.9 Å². The van der Waals surface area contributed by atoms with Gasteiger partial charge in [0.05, 0.1) is 6.42 Å². The molecule has 2 aromatic carbocycles. The van der Waals surface area contributed by atoms with Crippen LogP contribution in [0.15, 0.2) is 42.5 Å². The Kier molecular flexibility index (Phi) is 5.16. The minimum atomic E-state index is -0.479. The van der Waals surface area contributed by atoms with Crippen LogP contribution in [0.1, 0.15) is 23.1 Å². The minimum Gasteiger partial charge on any atom is -0.455 e. The number of carbonyl (C=O) groups excluding carboxylic acids is 2. The molecule has 0 saturated carbocycles. The molecule has 0 bridgehead atoms. The summed E-state index contributed by atoms with van der Waals surface area (Å²) in [5, 5.41) is 3.27. The highest BCUT2D eigenvalue weighted by Crippen LogP contribution is 2.24. The van der Waals surface area contributed by atoms with Gasteiger partial charge >= 0.3 is 5.97 Å². The number of fused-ring (bicyclic) bond motifs is 1. The standard InChI is InChI=1S/C19H18ClNO3/c20-17-7-2-1-4-15(17)11-19(23)24-12-18(22)21-16-9-8-13-5-3-6-14(13)10-16/h1-2,4,7-10H,3,5-6,11-12H2,(H,21,22). The van der Waals surface area contributed by atoms with Gasteiger partial charge in [-0.05, 0) is 54.2 Å². The molecule has 0 radical (unpaired) electrons. The monoisotopic (exact) mass is 343 g/mol. The maximum Gasteiger partial charge on any atom is 0.310 e. The number of amides is 1. The van der Waals surface area contributed by atoms with Crippen molar-refractivity contribution in [2.45, 2.75) is 25.7 Å². The van der Waals surface area contributed by atoms with Gasteiger partial charge in [0.2, 0.25) is 0 Å². The third kappa shape index (κ3) is 4.15. The van der Waals surface area contributed by atoms with E-state index in [1.54, 1.807) is 24.3 Å². The highest BCUT2D eigenvalue weighted by molar-refractivity contribution is 6.31. The summed E-state index contributed by atoms with van der Waals surface area (Å²) >= 11 is 6.00. The minimum absolute atomic E-state index is 0.0474. The number of hydrogen-bond donors (Lipinski definition) is 1. The first-order chi connectivity index (χ1) is 11.6. The van der Waals surface area contributed by atoms with Crippen LogP contribution in [-0.2, 0) is 33.6 Å². The smallest absolute Gasteiger partial charge is 0.310 e. The van der Waals surface area contributed by atoms with Gasteiger partial charge in [-0.2, -0.15) is 0 Å². The Morgan fingerprint density at radius 1 is 1.08 bits per heavy atom. The van der Waals surface area contributed by atoms with Gasteiger partial charge < -0.3 is 10.1 Å².